The van der Waals surface area contributed by atoms with Crippen molar-refractivity contribution in [1.29, 1.82) is 0 Å². The summed E-state index contributed by atoms with van der Waals surface area (Å²) in [6.45, 7) is 10.7. The number of carboxylic acid groups (broad SMARTS) is 1. The summed E-state index contributed by atoms with van der Waals surface area (Å²) < 4.78 is 0. The van der Waals surface area contributed by atoms with Crippen LogP contribution < -0.4 is 5.32 Å². The van der Waals surface area contributed by atoms with E-state index in [9.17, 15) is 9.59 Å². The van der Waals surface area contributed by atoms with Crippen molar-refractivity contribution in [2.24, 2.45) is 5.92 Å². The van der Waals surface area contributed by atoms with Crippen molar-refractivity contribution in [3.8, 4) is 0 Å². The topological polar surface area (TPSA) is 69.6 Å². The van der Waals surface area contributed by atoms with E-state index in [4.69, 9.17) is 5.11 Å². The van der Waals surface area contributed by atoms with E-state index in [0.29, 0.717) is 25.4 Å². The first-order valence-corrected chi connectivity index (χ1v) is 7.29. The van der Waals surface area contributed by atoms with Gasteiger partial charge in [-0.05, 0) is 32.6 Å². The molecule has 0 heterocycles. The lowest BCUT2D eigenvalue weighted by atomic mass is 9.97. The maximum atomic E-state index is 12.0. The van der Waals surface area contributed by atoms with Crippen LogP contribution in [0, 0.1) is 5.92 Å². The molecule has 0 aromatic heterocycles. The highest BCUT2D eigenvalue weighted by Gasteiger charge is 2.15. The lowest BCUT2D eigenvalue weighted by Gasteiger charge is -2.26. The fourth-order valence-electron chi connectivity index (χ4n) is 2.03. The molecular weight excluding hydrogens is 256 g/mol. The molecular formula is C15H28N2O3. The van der Waals surface area contributed by atoms with E-state index in [-0.39, 0.29) is 18.5 Å². The highest BCUT2D eigenvalue weighted by Crippen LogP contribution is 2.14. The second-order valence-corrected chi connectivity index (χ2v) is 5.26. The third kappa shape index (κ3) is 7.81. The first-order chi connectivity index (χ1) is 9.42. The Bertz CT molecular complexity index is 316. The molecule has 0 fully saturated rings. The minimum Gasteiger partial charge on any atom is -0.481 e. The van der Waals surface area contributed by atoms with Gasteiger partial charge in [-0.15, -0.1) is 6.58 Å². The number of urea groups is 1. The Labute approximate surface area is 122 Å². The van der Waals surface area contributed by atoms with Crippen LogP contribution in [0.15, 0.2) is 12.7 Å². The summed E-state index contributed by atoms with van der Waals surface area (Å²) >= 11 is 0. The maximum absolute atomic E-state index is 12.0. The summed E-state index contributed by atoms with van der Waals surface area (Å²) in [6.07, 6.45) is 4.32. The Balaban J connectivity index is 4.09. The zero-order chi connectivity index (χ0) is 15.5. The lowest BCUT2D eigenvalue weighted by Crippen LogP contribution is -2.44. The van der Waals surface area contributed by atoms with Crippen LogP contribution in [0.3, 0.4) is 0 Å². The van der Waals surface area contributed by atoms with E-state index in [1.165, 1.54) is 0 Å². The summed E-state index contributed by atoms with van der Waals surface area (Å²) in [4.78, 5) is 24.2. The molecule has 1 unspecified atom stereocenters. The number of amides is 2. The predicted octanol–water partition coefficient (Wildman–Crippen LogP) is 2.87. The quantitative estimate of drug-likeness (QED) is 0.606. The van der Waals surface area contributed by atoms with E-state index >= 15 is 0 Å². The van der Waals surface area contributed by atoms with Crippen LogP contribution in [0.4, 0.5) is 4.79 Å². The Morgan fingerprint density at radius 2 is 2.00 bits per heavy atom. The van der Waals surface area contributed by atoms with Gasteiger partial charge >= 0.3 is 12.0 Å². The average Bonchev–Trinajstić information content (AvgIpc) is 2.38. The van der Waals surface area contributed by atoms with Gasteiger partial charge in [0.2, 0.25) is 0 Å². The van der Waals surface area contributed by atoms with Crippen molar-refractivity contribution in [2.75, 3.05) is 13.1 Å². The molecule has 0 saturated heterocycles. The third-order valence-electron chi connectivity index (χ3n) is 3.38. The standard InChI is InChI=1S/C15H28N2O3/c1-5-11-17(12(3)4)15(20)16-10-9-13(6-2)7-8-14(18)19/h5,12-13H,1,6-11H2,2-4H3,(H,16,20)(H,18,19). The lowest BCUT2D eigenvalue weighted by molar-refractivity contribution is -0.137. The molecule has 116 valence electrons. The van der Waals surface area contributed by atoms with Gasteiger partial charge in [0, 0.05) is 25.6 Å². The molecule has 1 atom stereocenters. The summed E-state index contributed by atoms with van der Waals surface area (Å²) in [5.41, 5.74) is 0. The Morgan fingerprint density at radius 1 is 1.35 bits per heavy atom. The van der Waals surface area contributed by atoms with Crippen molar-refractivity contribution in [3.63, 3.8) is 0 Å². The van der Waals surface area contributed by atoms with E-state index in [2.05, 4.69) is 11.9 Å². The molecule has 0 rings (SSSR count). The molecule has 5 nitrogen and oxygen atoms in total. The van der Waals surface area contributed by atoms with Crippen LogP contribution in [0.25, 0.3) is 0 Å². The van der Waals surface area contributed by atoms with Gasteiger partial charge < -0.3 is 15.3 Å². The fourth-order valence-corrected chi connectivity index (χ4v) is 2.03. The predicted molar refractivity (Wildman–Crippen MR) is 80.7 cm³/mol. The average molecular weight is 284 g/mol. The van der Waals surface area contributed by atoms with Crippen LogP contribution in [0.5, 0.6) is 0 Å². The first-order valence-electron chi connectivity index (χ1n) is 7.29. The highest BCUT2D eigenvalue weighted by molar-refractivity contribution is 5.74. The Hall–Kier alpha value is -1.52. The summed E-state index contributed by atoms with van der Waals surface area (Å²) in [7, 11) is 0. The highest BCUT2D eigenvalue weighted by atomic mass is 16.4. The van der Waals surface area contributed by atoms with Crippen molar-refractivity contribution in [2.45, 2.75) is 52.5 Å². The van der Waals surface area contributed by atoms with E-state index in [0.717, 1.165) is 12.8 Å². The second-order valence-electron chi connectivity index (χ2n) is 5.26. The van der Waals surface area contributed by atoms with Crippen molar-refractivity contribution < 1.29 is 14.7 Å². The van der Waals surface area contributed by atoms with Gasteiger partial charge in [0.25, 0.3) is 0 Å². The molecule has 20 heavy (non-hydrogen) atoms. The number of hydrogen-bond donors (Lipinski definition) is 2. The third-order valence-corrected chi connectivity index (χ3v) is 3.38. The number of hydrogen-bond acceptors (Lipinski definition) is 2. The second kappa shape index (κ2) is 10.3. The molecule has 0 aromatic carbocycles. The molecule has 0 aliphatic heterocycles. The van der Waals surface area contributed by atoms with Crippen LogP contribution in [0.1, 0.15) is 46.5 Å². The number of nitrogens with zero attached hydrogens (tertiary/aromatic N) is 1. The first kappa shape index (κ1) is 18.5. The number of aliphatic carboxylic acids is 1. The van der Waals surface area contributed by atoms with Gasteiger partial charge in [-0.1, -0.05) is 19.4 Å². The molecule has 0 aromatic rings. The van der Waals surface area contributed by atoms with Crippen LogP contribution in [-0.2, 0) is 4.79 Å². The minimum atomic E-state index is -0.760. The van der Waals surface area contributed by atoms with E-state index < -0.39 is 5.97 Å². The van der Waals surface area contributed by atoms with Crippen LogP contribution in [-0.4, -0.2) is 41.1 Å². The molecule has 0 radical (unpaired) electrons. The largest absolute Gasteiger partial charge is 0.481 e. The molecule has 0 spiro atoms. The zero-order valence-corrected chi connectivity index (χ0v) is 12.9. The molecule has 0 aliphatic rings. The SMILES string of the molecule is C=CCN(C(=O)NCCC(CC)CCC(=O)O)C(C)C. The summed E-state index contributed by atoms with van der Waals surface area (Å²) in [5, 5.41) is 11.6. The zero-order valence-electron chi connectivity index (χ0n) is 12.9. The van der Waals surface area contributed by atoms with Gasteiger partial charge in [0.15, 0.2) is 0 Å². The molecule has 2 amide bonds. The molecule has 0 aliphatic carbocycles. The van der Waals surface area contributed by atoms with Gasteiger partial charge in [-0.2, -0.15) is 0 Å². The van der Waals surface area contributed by atoms with E-state index in [1.54, 1.807) is 11.0 Å². The van der Waals surface area contributed by atoms with Gasteiger partial charge in [0.05, 0.1) is 0 Å². The Kier molecular flexibility index (Phi) is 9.51. The van der Waals surface area contributed by atoms with Gasteiger partial charge in [0.1, 0.15) is 0 Å². The van der Waals surface area contributed by atoms with Gasteiger partial charge in [-0.25, -0.2) is 4.79 Å². The number of carbonyl (C=O) groups is 2. The maximum Gasteiger partial charge on any atom is 0.317 e. The Morgan fingerprint density at radius 3 is 2.45 bits per heavy atom. The van der Waals surface area contributed by atoms with Crippen molar-refractivity contribution in [3.05, 3.63) is 12.7 Å². The number of rotatable bonds is 10. The van der Waals surface area contributed by atoms with Crippen LogP contribution >= 0.6 is 0 Å². The minimum absolute atomic E-state index is 0.0898. The normalized spacial score (nSPS) is 12.0. The fraction of sp³-hybridized carbons (Fsp3) is 0.733. The van der Waals surface area contributed by atoms with Crippen LogP contribution in [0.2, 0.25) is 0 Å². The molecule has 0 bridgehead atoms. The van der Waals surface area contributed by atoms with E-state index in [1.807, 2.05) is 20.8 Å². The molecule has 2 N–H and O–H groups in total. The number of carboxylic acids is 1. The number of nitrogens with one attached hydrogen (secondary N) is 1. The van der Waals surface area contributed by atoms with Gasteiger partial charge in [-0.3, -0.25) is 4.79 Å². The van der Waals surface area contributed by atoms with Crippen molar-refractivity contribution >= 4 is 12.0 Å². The number of carbonyl (C=O) groups excluding carboxylic acids is 1. The molecule has 0 saturated carbocycles. The monoisotopic (exact) mass is 284 g/mol. The molecule has 5 heteroatoms. The summed E-state index contributed by atoms with van der Waals surface area (Å²) in [5.74, 6) is -0.414. The summed E-state index contributed by atoms with van der Waals surface area (Å²) in [6, 6.07) is 0.0370. The smallest absolute Gasteiger partial charge is 0.317 e. The van der Waals surface area contributed by atoms with Crippen molar-refractivity contribution in [1.82, 2.24) is 10.2 Å².